The zero-order valence-corrected chi connectivity index (χ0v) is 7.11. The lowest BCUT2D eigenvalue weighted by atomic mass is 10.2. The minimum atomic E-state index is 0.811. The monoisotopic (exact) mass is 162 g/mol. The molecule has 0 saturated heterocycles. The smallest absolute Gasteiger partial charge is 0.219 e. The van der Waals surface area contributed by atoms with Crippen LogP contribution in [-0.2, 0) is 7.05 Å². The van der Waals surface area contributed by atoms with Crippen LogP contribution in [0.1, 0.15) is 0 Å². The molecule has 3 nitrogen and oxygen atoms in total. The Bertz CT molecular complexity index is 406. The average molecular weight is 162 g/mol. The molecule has 0 bridgehead atoms. The SMILES string of the molecule is COc1c2ccccc2nn1C. The summed E-state index contributed by atoms with van der Waals surface area (Å²) in [7, 11) is 3.53. The molecule has 1 aromatic carbocycles. The minimum absolute atomic E-state index is 0.811. The number of methoxy groups -OCH3 is 1. The van der Waals surface area contributed by atoms with Gasteiger partial charge in [0.05, 0.1) is 18.0 Å². The minimum Gasteiger partial charge on any atom is -0.481 e. The van der Waals surface area contributed by atoms with Gasteiger partial charge >= 0.3 is 0 Å². The fraction of sp³-hybridized carbons (Fsp3) is 0.222. The molecule has 0 amide bonds. The summed E-state index contributed by atoms with van der Waals surface area (Å²) in [6.07, 6.45) is 0. The van der Waals surface area contributed by atoms with E-state index in [1.54, 1.807) is 11.8 Å². The summed E-state index contributed by atoms with van der Waals surface area (Å²) in [6, 6.07) is 7.92. The van der Waals surface area contributed by atoms with Crippen molar-refractivity contribution in [1.29, 1.82) is 0 Å². The van der Waals surface area contributed by atoms with E-state index in [9.17, 15) is 0 Å². The molecule has 2 rings (SSSR count). The summed E-state index contributed by atoms with van der Waals surface area (Å²) >= 11 is 0. The van der Waals surface area contributed by atoms with Crippen LogP contribution < -0.4 is 4.74 Å². The third-order valence-electron chi connectivity index (χ3n) is 1.88. The largest absolute Gasteiger partial charge is 0.481 e. The van der Waals surface area contributed by atoms with Crippen LogP contribution in [0.25, 0.3) is 10.9 Å². The zero-order valence-electron chi connectivity index (χ0n) is 7.11. The first-order chi connectivity index (χ1) is 5.83. The topological polar surface area (TPSA) is 27.1 Å². The van der Waals surface area contributed by atoms with Crippen LogP contribution >= 0.6 is 0 Å². The van der Waals surface area contributed by atoms with E-state index in [4.69, 9.17) is 4.74 Å². The molecule has 0 aliphatic heterocycles. The highest BCUT2D eigenvalue weighted by atomic mass is 16.5. The predicted molar refractivity (Wildman–Crippen MR) is 47.3 cm³/mol. The molecule has 0 radical (unpaired) electrons. The number of aromatic nitrogens is 2. The fourth-order valence-corrected chi connectivity index (χ4v) is 1.37. The molecule has 1 aromatic heterocycles. The number of hydrogen-bond donors (Lipinski definition) is 0. The number of ether oxygens (including phenoxy) is 1. The van der Waals surface area contributed by atoms with Crippen molar-refractivity contribution in [3.05, 3.63) is 24.3 Å². The Balaban J connectivity index is 2.81. The van der Waals surface area contributed by atoms with E-state index in [0.717, 1.165) is 16.8 Å². The van der Waals surface area contributed by atoms with Crippen molar-refractivity contribution >= 4 is 10.9 Å². The van der Waals surface area contributed by atoms with Gasteiger partial charge in [-0.1, -0.05) is 12.1 Å². The average Bonchev–Trinajstić information content (AvgIpc) is 2.40. The molecule has 3 heteroatoms. The Hall–Kier alpha value is -1.51. The summed E-state index contributed by atoms with van der Waals surface area (Å²) in [4.78, 5) is 0. The first-order valence-corrected chi connectivity index (χ1v) is 3.78. The molecule has 12 heavy (non-hydrogen) atoms. The lowest BCUT2D eigenvalue weighted by Crippen LogP contribution is -1.94. The van der Waals surface area contributed by atoms with Crippen molar-refractivity contribution in [1.82, 2.24) is 9.78 Å². The fourth-order valence-electron chi connectivity index (χ4n) is 1.37. The van der Waals surface area contributed by atoms with E-state index in [0.29, 0.717) is 0 Å². The van der Waals surface area contributed by atoms with Gasteiger partial charge < -0.3 is 4.74 Å². The number of fused-ring (bicyclic) bond motifs is 1. The van der Waals surface area contributed by atoms with E-state index in [-0.39, 0.29) is 0 Å². The van der Waals surface area contributed by atoms with Gasteiger partial charge in [0.2, 0.25) is 5.88 Å². The molecule has 1 heterocycles. The van der Waals surface area contributed by atoms with Gasteiger partial charge in [-0.2, -0.15) is 5.10 Å². The van der Waals surface area contributed by atoms with Crippen LogP contribution in [0.4, 0.5) is 0 Å². The molecular weight excluding hydrogens is 152 g/mol. The molecule has 0 aliphatic carbocycles. The maximum absolute atomic E-state index is 5.20. The van der Waals surface area contributed by atoms with Crippen LogP contribution in [0.15, 0.2) is 24.3 Å². The molecule has 0 fully saturated rings. The van der Waals surface area contributed by atoms with Crippen LogP contribution in [0.5, 0.6) is 5.88 Å². The second kappa shape index (κ2) is 2.52. The molecular formula is C9H10N2O. The molecule has 0 unspecified atom stereocenters. The van der Waals surface area contributed by atoms with Crippen LogP contribution in [0, 0.1) is 0 Å². The second-order valence-electron chi connectivity index (χ2n) is 2.65. The van der Waals surface area contributed by atoms with Crippen molar-refractivity contribution in [2.24, 2.45) is 7.05 Å². The maximum Gasteiger partial charge on any atom is 0.219 e. The van der Waals surface area contributed by atoms with E-state index in [1.165, 1.54) is 0 Å². The Kier molecular flexibility index (Phi) is 1.50. The van der Waals surface area contributed by atoms with E-state index in [2.05, 4.69) is 5.10 Å². The lowest BCUT2D eigenvalue weighted by molar-refractivity contribution is 0.377. The zero-order chi connectivity index (χ0) is 8.55. The third kappa shape index (κ3) is 0.863. The summed E-state index contributed by atoms with van der Waals surface area (Å²) in [6.45, 7) is 0. The molecule has 0 saturated carbocycles. The lowest BCUT2D eigenvalue weighted by Gasteiger charge is -1.97. The summed E-state index contributed by atoms with van der Waals surface area (Å²) in [5, 5.41) is 5.33. The van der Waals surface area contributed by atoms with Gasteiger partial charge in [-0.15, -0.1) is 0 Å². The van der Waals surface area contributed by atoms with Crippen molar-refractivity contribution < 1.29 is 4.74 Å². The first kappa shape index (κ1) is 7.16. The summed E-state index contributed by atoms with van der Waals surface area (Å²) < 4.78 is 6.94. The van der Waals surface area contributed by atoms with Gasteiger partial charge in [0.1, 0.15) is 0 Å². The Morgan fingerprint density at radius 3 is 2.83 bits per heavy atom. The number of benzene rings is 1. The summed E-state index contributed by atoms with van der Waals surface area (Å²) in [5.74, 6) is 0.811. The Labute approximate surface area is 70.6 Å². The predicted octanol–water partition coefficient (Wildman–Crippen LogP) is 1.58. The molecule has 0 atom stereocenters. The molecule has 62 valence electrons. The van der Waals surface area contributed by atoms with E-state index < -0.39 is 0 Å². The normalized spacial score (nSPS) is 10.5. The molecule has 2 aromatic rings. The van der Waals surface area contributed by atoms with Gasteiger partial charge in [0.25, 0.3) is 0 Å². The summed E-state index contributed by atoms with van der Waals surface area (Å²) in [5.41, 5.74) is 0.969. The Morgan fingerprint density at radius 1 is 1.33 bits per heavy atom. The van der Waals surface area contributed by atoms with E-state index >= 15 is 0 Å². The standard InChI is InChI=1S/C9H10N2O/c1-11-9(12-2)7-5-3-4-6-8(7)10-11/h3-6H,1-2H3. The van der Waals surface area contributed by atoms with Crippen molar-refractivity contribution in [3.63, 3.8) is 0 Å². The number of rotatable bonds is 1. The van der Waals surface area contributed by atoms with Gasteiger partial charge in [0, 0.05) is 7.05 Å². The number of nitrogens with zero attached hydrogens (tertiary/aromatic N) is 2. The highest BCUT2D eigenvalue weighted by Crippen LogP contribution is 2.23. The third-order valence-corrected chi connectivity index (χ3v) is 1.88. The van der Waals surface area contributed by atoms with E-state index in [1.807, 2.05) is 31.3 Å². The van der Waals surface area contributed by atoms with Gasteiger partial charge in [0.15, 0.2) is 0 Å². The highest BCUT2D eigenvalue weighted by Gasteiger charge is 2.06. The van der Waals surface area contributed by atoms with Crippen LogP contribution in [-0.4, -0.2) is 16.9 Å². The van der Waals surface area contributed by atoms with Crippen LogP contribution in [0.3, 0.4) is 0 Å². The number of aryl methyl sites for hydroxylation is 1. The quantitative estimate of drug-likeness (QED) is 0.636. The Morgan fingerprint density at radius 2 is 2.08 bits per heavy atom. The first-order valence-electron chi connectivity index (χ1n) is 3.78. The molecule has 0 spiro atoms. The second-order valence-corrected chi connectivity index (χ2v) is 2.65. The van der Waals surface area contributed by atoms with Crippen LogP contribution in [0.2, 0.25) is 0 Å². The maximum atomic E-state index is 5.20. The number of hydrogen-bond acceptors (Lipinski definition) is 2. The van der Waals surface area contributed by atoms with Crippen molar-refractivity contribution in [2.75, 3.05) is 7.11 Å². The molecule has 0 N–H and O–H groups in total. The van der Waals surface area contributed by atoms with Crippen molar-refractivity contribution in [2.45, 2.75) is 0 Å². The molecule has 0 aliphatic rings. The highest BCUT2D eigenvalue weighted by molar-refractivity contribution is 5.84. The van der Waals surface area contributed by atoms with Gasteiger partial charge in [-0.3, -0.25) is 0 Å². The van der Waals surface area contributed by atoms with Crippen molar-refractivity contribution in [3.8, 4) is 5.88 Å². The van der Waals surface area contributed by atoms with Gasteiger partial charge in [-0.25, -0.2) is 4.68 Å². The van der Waals surface area contributed by atoms with Gasteiger partial charge in [-0.05, 0) is 12.1 Å².